The van der Waals surface area contributed by atoms with Crippen LogP contribution in [0.5, 0.6) is 0 Å². The molecule has 2 N–H and O–H groups in total. The van der Waals surface area contributed by atoms with E-state index in [4.69, 9.17) is 10.4 Å². The van der Waals surface area contributed by atoms with Gasteiger partial charge in [0.1, 0.15) is 0 Å². The van der Waals surface area contributed by atoms with Crippen molar-refractivity contribution in [1.82, 2.24) is 4.98 Å². The standard InChI is InChI=1S/C13H10N2O2/c1-8(13(16)17)4-10-7-15-12-3-2-9(6-14)5-11(10)12/h2-5,7,15H,1H3,(H,16,17)/b8-4+. The van der Waals surface area contributed by atoms with E-state index in [2.05, 4.69) is 11.1 Å². The molecule has 0 radical (unpaired) electrons. The molecule has 0 spiro atoms. The van der Waals surface area contributed by atoms with Crippen molar-refractivity contribution in [3.05, 3.63) is 41.1 Å². The third-order valence-electron chi connectivity index (χ3n) is 2.55. The third-order valence-corrected chi connectivity index (χ3v) is 2.55. The van der Waals surface area contributed by atoms with E-state index in [1.165, 1.54) is 6.92 Å². The van der Waals surface area contributed by atoms with Crippen molar-refractivity contribution in [3.63, 3.8) is 0 Å². The van der Waals surface area contributed by atoms with Gasteiger partial charge in [-0.2, -0.15) is 5.26 Å². The fraction of sp³-hybridized carbons (Fsp3) is 0.0769. The molecule has 84 valence electrons. The summed E-state index contributed by atoms with van der Waals surface area (Å²) < 4.78 is 0. The second-order valence-corrected chi connectivity index (χ2v) is 3.75. The van der Waals surface area contributed by atoms with Crippen LogP contribution in [0.3, 0.4) is 0 Å². The molecule has 0 saturated heterocycles. The lowest BCUT2D eigenvalue weighted by atomic mass is 10.1. The molecule has 0 atom stereocenters. The Morgan fingerprint density at radius 1 is 1.53 bits per heavy atom. The zero-order valence-corrected chi connectivity index (χ0v) is 9.19. The number of aromatic amines is 1. The van der Waals surface area contributed by atoms with Crippen LogP contribution in [-0.2, 0) is 4.79 Å². The number of hydrogen-bond donors (Lipinski definition) is 2. The zero-order chi connectivity index (χ0) is 12.4. The molecule has 2 rings (SSSR count). The minimum atomic E-state index is -0.948. The highest BCUT2D eigenvalue weighted by molar-refractivity contribution is 5.96. The molecule has 2 aromatic rings. The van der Waals surface area contributed by atoms with Crippen LogP contribution in [0.2, 0.25) is 0 Å². The summed E-state index contributed by atoms with van der Waals surface area (Å²) in [6.45, 7) is 1.54. The number of nitrogens with zero attached hydrogens (tertiary/aromatic N) is 1. The normalized spacial score (nSPS) is 11.4. The van der Waals surface area contributed by atoms with Crippen LogP contribution in [0.25, 0.3) is 17.0 Å². The zero-order valence-electron chi connectivity index (χ0n) is 9.19. The number of H-pyrrole nitrogens is 1. The lowest BCUT2D eigenvalue weighted by Crippen LogP contribution is -1.95. The van der Waals surface area contributed by atoms with Gasteiger partial charge in [-0.3, -0.25) is 0 Å². The molecule has 0 aliphatic carbocycles. The van der Waals surface area contributed by atoms with E-state index in [1.54, 1.807) is 30.5 Å². The quantitative estimate of drug-likeness (QED) is 0.772. The number of nitriles is 1. The first-order valence-electron chi connectivity index (χ1n) is 5.04. The van der Waals surface area contributed by atoms with Gasteiger partial charge in [0.25, 0.3) is 0 Å². The smallest absolute Gasteiger partial charge is 0.331 e. The Morgan fingerprint density at radius 3 is 2.94 bits per heavy atom. The fourth-order valence-corrected chi connectivity index (χ4v) is 1.63. The molecule has 0 aliphatic rings. The SMILES string of the molecule is C/C(=C\c1c[nH]c2ccc(C#N)cc12)C(=O)O. The molecule has 4 nitrogen and oxygen atoms in total. The molecule has 0 saturated carbocycles. The Kier molecular flexibility index (Phi) is 2.67. The van der Waals surface area contributed by atoms with E-state index in [1.807, 2.05) is 0 Å². The number of nitrogens with one attached hydrogen (secondary N) is 1. The van der Waals surface area contributed by atoms with Gasteiger partial charge in [-0.15, -0.1) is 0 Å². The van der Waals surface area contributed by atoms with E-state index in [-0.39, 0.29) is 5.57 Å². The van der Waals surface area contributed by atoms with Crippen LogP contribution >= 0.6 is 0 Å². The summed E-state index contributed by atoms with van der Waals surface area (Å²) in [5.74, 6) is -0.948. The number of fused-ring (bicyclic) bond motifs is 1. The summed E-state index contributed by atoms with van der Waals surface area (Å²) in [4.78, 5) is 13.8. The van der Waals surface area contributed by atoms with Crippen LogP contribution in [0, 0.1) is 11.3 Å². The number of carboxylic acids is 1. The lowest BCUT2D eigenvalue weighted by molar-refractivity contribution is -0.132. The van der Waals surface area contributed by atoms with E-state index in [0.717, 1.165) is 16.5 Å². The maximum absolute atomic E-state index is 10.8. The largest absolute Gasteiger partial charge is 0.478 e. The van der Waals surface area contributed by atoms with Gasteiger partial charge in [0.15, 0.2) is 0 Å². The topological polar surface area (TPSA) is 76.9 Å². The van der Waals surface area contributed by atoms with E-state index >= 15 is 0 Å². The van der Waals surface area contributed by atoms with Crippen molar-refractivity contribution in [2.24, 2.45) is 0 Å². The van der Waals surface area contributed by atoms with E-state index < -0.39 is 5.97 Å². The number of hydrogen-bond acceptors (Lipinski definition) is 2. The number of benzene rings is 1. The van der Waals surface area contributed by atoms with Crippen molar-refractivity contribution in [1.29, 1.82) is 5.26 Å². The first kappa shape index (κ1) is 11.0. The second-order valence-electron chi connectivity index (χ2n) is 3.75. The second kappa shape index (κ2) is 4.14. The molecular formula is C13H10N2O2. The summed E-state index contributed by atoms with van der Waals surface area (Å²) in [6.07, 6.45) is 3.32. The van der Waals surface area contributed by atoms with Gasteiger partial charge in [-0.25, -0.2) is 4.79 Å². The summed E-state index contributed by atoms with van der Waals surface area (Å²) in [5, 5.41) is 18.5. The molecule has 1 aromatic carbocycles. The molecule has 1 heterocycles. The number of rotatable bonds is 2. The van der Waals surface area contributed by atoms with Gasteiger partial charge >= 0.3 is 5.97 Å². The minimum absolute atomic E-state index is 0.258. The highest BCUT2D eigenvalue weighted by Gasteiger charge is 2.05. The summed E-state index contributed by atoms with van der Waals surface area (Å²) in [6, 6.07) is 7.33. The fourth-order valence-electron chi connectivity index (χ4n) is 1.63. The molecule has 0 bridgehead atoms. The van der Waals surface area contributed by atoms with Crippen molar-refractivity contribution < 1.29 is 9.90 Å². The Hall–Kier alpha value is -2.54. The molecule has 4 heteroatoms. The van der Waals surface area contributed by atoms with Crippen LogP contribution in [0.4, 0.5) is 0 Å². The van der Waals surface area contributed by atoms with Gasteiger partial charge in [-0.05, 0) is 31.2 Å². The molecule has 0 aliphatic heterocycles. The Bertz CT molecular complexity index is 660. The monoisotopic (exact) mass is 226 g/mol. The predicted octanol–water partition coefficient (Wildman–Crippen LogP) is 2.53. The van der Waals surface area contributed by atoms with Crippen LogP contribution < -0.4 is 0 Å². The number of carbonyl (C=O) groups is 1. The minimum Gasteiger partial charge on any atom is -0.478 e. The summed E-state index contributed by atoms with van der Waals surface area (Å²) in [5.41, 5.74) is 2.47. The number of aliphatic carboxylic acids is 1. The molecule has 0 unspecified atom stereocenters. The van der Waals surface area contributed by atoms with E-state index in [9.17, 15) is 4.79 Å². The van der Waals surface area contributed by atoms with Gasteiger partial charge in [0.05, 0.1) is 11.6 Å². The number of aromatic nitrogens is 1. The summed E-state index contributed by atoms with van der Waals surface area (Å²) in [7, 11) is 0. The Labute approximate surface area is 97.8 Å². The van der Waals surface area contributed by atoms with E-state index in [0.29, 0.717) is 5.56 Å². The molecule has 17 heavy (non-hydrogen) atoms. The van der Waals surface area contributed by atoms with Gasteiger partial charge in [-0.1, -0.05) is 0 Å². The molecular weight excluding hydrogens is 216 g/mol. The number of carboxylic acid groups (broad SMARTS) is 1. The highest BCUT2D eigenvalue weighted by Crippen LogP contribution is 2.21. The highest BCUT2D eigenvalue weighted by atomic mass is 16.4. The van der Waals surface area contributed by atoms with Crippen molar-refractivity contribution in [2.45, 2.75) is 6.92 Å². The lowest BCUT2D eigenvalue weighted by Gasteiger charge is -1.95. The van der Waals surface area contributed by atoms with Crippen LogP contribution in [0.1, 0.15) is 18.1 Å². The Morgan fingerprint density at radius 2 is 2.29 bits per heavy atom. The molecule has 1 aromatic heterocycles. The maximum Gasteiger partial charge on any atom is 0.331 e. The molecule has 0 fully saturated rings. The van der Waals surface area contributed by atoms with Gasteiger partial charge < -0.3 is 10.1 Å². The Balaban J connectivity index is 2.60. The maximum atomic E-state index is 10.8. The van der Waals surface area contributed by atoms with Crippen molar-refractivity contribution in [2.75, 3.05) is 0 Å². The van der Waals surface area contributed by atoms with Crippen LogP contribution in [0.15, 0.2) is 30.0 Å². The average Bonchev–Trinajstić information content (AvgIpc) is 2.71. The summed E-state index contributed by atoms with van der Waals surface area (Å²) >= 11 is 0. The van der Waals surface area contributed by atoms with Crippen molar-refractivity contribution in [3.8, 4) is 6.07 Å². The van der Waals surface area contributed by atoms with Gasteiger partial charge in [0, 0.05) is 28.2 Å². The average molecular weight is 226 g/mol. The first-order valence-corrected chi connectivity index (χ1v) is 5.04. The van der Waals surface area contributed by atoms with Crippen molar-refractivity contribution >= 4 is 22.9 Å². The third kappa shape index (κ3) is 2.04. The molecule has 0 amide bonds. The van der Waals surface area contributed by atoms with Crippen LogP contribution in [-0.4, -0.2) is 16.1 Å². The van der Waals surface area contributed by atoms with Gasteiger partial charge in [0.2, 0.25) is 0 Å². The predicted molar refractivity (Wildman–Crippen MR) is 64.3 cm³/mol. The first-order chi connectivity index (χ1) is 8.11.